The highest BCUT2D eigenvalue weighted by molar-refractivity contribution is 5.90. The lowest BCUT2D eigenvalue weighted by Crippen LogP contribution is -2.21. The molecular weight excluding hydrogens is 771 g/mol. The predicted molar refractivity (Wildman–Crippen MR) is 132 cm³/mol. The van der Waals surface area contributed by atoms with Gasteiger partial charge >= 0.3 is 0 Å². The van der Waals surface area contributed by atoms with E-state index >= 15 is 39.5 Å². The molecule has 6 aromatic rings. The van der Waals surface area contributed by atoms with Gasteiger partial charge in [0.25, 0.3) is 0 Å². The van der Waals surface area contributed by atoms with Crippen LogP contribution in [0.15, 0.2) is 0 Å². The Kier molecular flexibility index (Phi) is 8.29. The lowest BCUT2D eigenvalue weighted by Gasteiger charge is -2.25. The molecule has 0 atom stereocenters. The van der Waals surface area contributed by atoms with Gasteiger partial charge in [-0.3, -0.25) is 0 Å². The molecule has 0 aliphatic heterocycles. The third-order valence-electron chi connectivity index (χ3n) is 7.98. The molecule has 21 heteroatoms. The molecule has 0 aliphatic rings. The molecular formula is C31HF21. The van der Waals surface area contributed by atoms with Crippen molar-refractivity contribution in [1.82, 2.24) is 0 Å². The van der Waals surface area contributed by atoms with Crippen LogP contribution in [-0.2, 0) is 0 Å². The highest BCUT2D eigenvalue weighted by Gasteiger charge is 2.43. The molecule has 0 saturated heterocycles. The minimum absolute atomic E-state index is 2.54. The van der Waals surface area contributed by atoms with Crippen LogP contribution in [0, 0.1) is 122 Å². The van der Waals surface area contributed by atoms with Gasteiger partial charge in [0.2, 0.25) is 0 Å². The summed E-state index contributed by atoms with van der Waals surface area (Å²) in [7, 11) is 0. The van der Waals surface area contributed by atoms with Crippen molar-refractivity contribution < 1.29 is 92.2 Å². The standard InChI is InChI=1S/C31HF21/c32-11-2(14(35)17(38)8-5(11)20(41)26(47)29(50)23(8)44)1(3-12(33)6-9(18(39)15(3)36)24(45)30(51)27(48)21(6)42)4-13(34)7-10(19(40)16(4)37)25(46)31(52)28(49)22(7)43/h1H. The summed E-state index contributed by atoms with van der Waals surface area (Å²) in [6, 6.07) is 0. The van der Waals surface area contributed by atoms with Crippen LogP contribution >= 0.6 is 0 Å². The van der Waals surface area contributed by atoms with E-state index < -0.39 is 177 Å². The van der Waals surface area contributed by atoms with Gasteiger partial charge in [0, 0.05) is 16.7 Å². The zero-order valence-corrected chi connectivity index (χ0v) is 23.5. The summed E-state index contributed by atoms with van der Waals surface area (Å²) in [6.45, 7) is 0. The van der Waals surface area contributed by atoms with Crippen LogP contribution in [-0.4, -0.2) is 0 Å². The molecule has 0 radical (unpaired) electrons. The third kappa shape index (κ3) is 4.42. The lowest BCUT2D eigenvalue weighted by molar-refractivity contribution is 0.405. The van der Waals surface area contributed by atoms with Crippen LogP contribution in [0.3, 0.4) is 0 Å². The second kappa shape index (κ2) is 11.8. The molecule has 272 valence electrons. The molecule has 0 amide bonds. The first-order valence-electron chi connectivity index (χ1n) is 13.1. The van der Waals surface area contributed by atoms with E-state index in [1.165, 1.54) is 0 Å². The van der Waals surface area contributed by atoms with E-state index in [1.54, 1.807) is 0 Å². The summed E-state index contributed by atoms with van der Waals surface area (Å²) in [5.41, 5.74) is -8.89. The van der Waals surface area contributed by atoms with Crippen molar-refractivity contribution in [3.63, 3.8) is 0 Å². The van der Waals surface area contributed by atoms with Gasteiger partial charge in [-0.05, 0) is 0 Å². The van der Waals surface area contributed by atoms with E-state index in [0.29, 0.717) is 0 Å². The number of halogens is 21. The molecule has 6 aromatic carbocycles. The fourth-order valence-corrected chi connectivity index (χ4v) is 5.70. The van der Waals surface area contributed by atoms with E-state index in [4.69, 9.17) is 0 Å². The zero-order valence-electron chi connectivity index (χ0n) is 23.5. The van der Waals surface area contributed by atoms with Crippen molar-refractivity contribution in [3.05, 3.63) is 139 Å². The van der Waals surface area contributed by atoms with Crippen LogP contribution in [0.25, 0.3) is 32.3 Å². The van der Waals surface area contributed by atoms with Gasteiger partial charge in [-0.1, -0.05) is 0 Å². The lowest BCUT2D eigenvalue weighted by atomic mass is 9.80. The maximum atomic E-state index is 16.1. The Balaban J connectivity index is 1.97. The molecule has 0 bridgehead atoms. The van der Waals surface area contributed by atoms with Gasteiger partial charge < -0.3 is 0 Å². The largest absolute Gasteiger partial charge is 0.206 e. The summed E-state index contributed by atoms with van der Waals surface area (Å²) < 4.78 is 313. The Morgan fingerprint density at radius 1 is 0.154 bits per heavy atom. The highest BCUT2D eigenvalue weighted by Crippen LogP contribution is 2.48. The van der Waals surface area contributed by atoms with Crippen LogP contribution in [0.1, 0.15) is 22.6 Å². The van der Waals surface area contributed by atoms with E-state index in [0.717, 1.165) is 0 Å². The minimum Gasteiger partial charge on any atom is -0.206 e. The zero-order chi connectivity index (χ0) is 38.9. The smallest absolute Gasteiger partial charge is 0.198 e. The third-order valence-corrected chi connectivity index (χ3v) is 7.98. The number of hydrogen-bond donors (Lipinski definition) is 0. The molecule has 0 aromatic heterocycles. The molecule has 0 unspecified atom stereocenters. The van der Waals surface area contributed by atoms with E-state index in [1.807, 2.05) is 0 Å². The Bertz CT molecular complexity index is 2360. The van der Waals surface area contributed by atoms with Crippen molar-refractivity contribution in [2.75, 3.05) is 0 Å². The van der Waals surface area contributed by atoms with Crippen LogP contribution in [0.5, 0.6) is 0 Å². The predicted octanol–water partition coefficient (Wildman–Crippen LogP) is 11.2. The van der Waals surface area contributed by atoms with Crippen LogP contribution < -0.4 is 0 Å². The first-order chi connectivity index (χ1) is 24.1. The van der Waals surface area contributed by atoms with E-state index in [9.17, 15) is 52.7 Å². The molecule has 6 rings (SSSR count). The van der Waals surface area contributed by atoms with Gasteiger partial charge in [-0.15, -0.1) is 0 Å². The van der Waals surface area contributed by atoms with E-state index in [2.05, 4.69) is 0 Å². The fourth-order valence-electron chi connectivity index (χ4n) is 5.70. The second-order valence-electron chi connectivity index (χ2n) is 10.5. The number of hydrogen-bond acceptors (Lipinski definition) is 0. The van der Waals surface area contributed by atoms with Crippen LogP contribution in [0.4, 0.5) is 92.2 Å². The Hall–Kier alpha value is -5.37. The summed E-state index contributed by atoms with van der Waals surface area (Å²) in [6.07, 6.45) is 0. The van der Waals surface area contributed by atoms with E-state index in [-0.39, 0.29) is 0 Å². The molecule has 0 aliphatic carbocycles. The molecule has 0 saturated carbocycles. The van der Waals surface area contributed by atoms with Gasteiger partial charge in [0.05, 0.1) is 38.2 Å². The SMILES string of the molecule is Fc1c(F)c(F)c2c(F)c(C(c3c(F)c(F)c4c(F)c(F)c(F)c(F)c4c3F)c3c(F)c(F)c4c(F)c(F)c(F)c(F)c4c3F)c(F)c(F)c2c1F. The Morgan fingerprint density at radius 3 is 0.462 bits per heavy atom. The average molecular weight is 772 g/mol. The second-order valence-corrected chi connectivity index (χ2v) is 10.5. The average Bonchev–Trinajstić information content (AvgIpc) is 3.10. The Labute approximate surface area is 269 Å². The molecule has 52 heavy (non-hydrogen) atoms. The summed E-state index contributed by atoms with van der Waals surface area (Å²) in [4.78, 5) is 0. The van der Waals surface area contributed by atoms with Crippen molar-refractivity contribution in [1.29, 1.82) is 0 Å². The Morgan fingerprint density at radius 2 is 0.288 bits per heavy atom. The van der Waals surface area contributed by atoms with Gasteiger partial charge in [0.15, 0.2) is 105 Å². The molecule has 0 heterocycles. The van der Waals surface area contributed by atoms with Gasteiger partial charge in [-0.2, -0.15) is 0 Å². The number of rotatable bonds is 3. The van der Waals surface area contributed by atoms with Crippen molar-refractivity contribution >= 4 is 32.3 Å². The van der Waals surface area contributed by atoms with Gasteiger partial charge in [0.1, 0.15) is 17.5 Å². The molecule has 0 fully saturated rings. The normalized spacial score (nSPS) is 12.1. The first kappa shape index (κ1) is 36.4. The highest BCUT2D eigenvalue weighted by atomic mass is 19.2. The van der Waals surface area contributed by atoms with Crippen molar-refractivity contribution in [2.24, 2.45) is 0 Å². The molecule has 0 spiro atoms. The van der Waals surface area contributed by atoms with Crippen molar-refractivity contribution in [2.45, 2.75) is 5.92 Å². The molecule has 0 N–H and O–H groups in total. The van der Waals surface area contributed by atoms with Crippen LogP contribution in [0.2, 0.25) is 0 Å². The number of fused-ring (bicyclic) bond motifs is 3. The quantitative estimate of drug-likeness (QED) is 0.0727. The number of benzene rings is 6. The fraction of sp³-hybridized carbons (Fsp3) is 0.0323. The minimum atomic E-state index is -4.40. The molecule has 0 nitrogen and oxygen atoms in total. The van der Waals surface area contributed by atoms with Gasteiger partial charge in [-0.25, -0.2) is 92.2 Å². The summed E-state index contributed by atoms with van der Waals surface area (Å²) in [5.74, 6) is -69.6. The maximum Gasteiger partial charge on any atom is 0.198 e. The first-order valence-corrected chi connectivity index (χ1v) is 13.1. The topological polar surface area (TPSA) is 0 Å². The summed E-state index contributed by atoms with van der Waals surface area (Å²) in [5, 5.41) is -15.6. The summed E-state index contributed by atoms with van der Waals surface area (Å²) >= 11 is 0. The maximum absolute atomic E-state index is 16.1. The monoisotopic (exact) mass is 772 g/mol. The van der Waals surface area contributed by atoms with Crippen molar-refractivity contribution in [3.8, 4) is 0 Å².